The maximum Gasteiger partial charge on any atom is 0.134 e. The third kappa shape index (κ3) is 2.88. The van der Waals surface area contributed by atoms with Crippen molar-refractivity contribution in [1.82, 2.24) is 20.3 Å². The molecule has 3 heterocycles. The van der Waals surface area contributed by atoms with Crippen LogP contribution >= 0.6 is 0 Å². The zero-order valence-corrected chi connectivity index (χ0v) is 10.8. The average molecular weight is 255 g/mol. The van der Waals surface area contributed by atoms with Crippen LogP contribution in [0.3, 0.4) is 0 Å². The third-order valence-electron chi connectivity index (χ3n) is 3.27. The number of anilines is 1. The Morgan fingerprint density at radius 1 is 1.21 bits per heavy atom. The normalized spacial score (nSPS) is 13.9. The Morgan fingerprint density at radius 3 is 3.11 bits per heavy atom. The van der Waals surface area contributed by atoms with Crippen LogP contribution in [0.5, 0.6) is 0 Å². The fraction of sp³-hybridized carbons (Fsp3) is 0.357. The highest BCUT2D eigenvalue weighted by atomic mass is 15.0. The van der Waals surface area contributed by atoms with Crippen LogP contribution in [0.2, 0.25) is 0 Å². The van der Waals surface area contributed by atoms with E-state index in [0.717, 1.165) is 49.7 Å². The molecule has 5 heteroatoms. The van der Waals surface area contributed by atoms with Gasteiger partial charge >= 0.3 is 0 Å². The number of hydrogen-bond acceptors (Lipinski definition) is 5. The van der Waals surface area contributed by atoms with Crippen LogP contribution < -0.4 is 10.6 Å². The molecule has 0 aliphatic carbocycles. The Labute approximate surface area is 112 Å². The van der Waals surface area contributed by atoms with Crippen LogP contribution in [0.4, 0.5) is 5.82 Å². The largest absolute Gasteiger partial charge is 0.369 e. The number of pyridine rings is 1. The van der Waals surface area contributed by atoms with E-state index in [1.807, 2.05) is 24.4 Å². The van der Waals surface area contributed by atoms with Gasteiger partial charge in [0.2, 0.25) is 0 Å². The minimum absolute atomic E-state index is 0.834. The molecule has 5 nitrogen and oxygen atoms in total. The number of hydrogen-bond donors (Lipinski definition) is 2. The summed E-state index contributed by atoms with van der Waals surface area (Å²) in [6.45, 7) is 2.68. The first-order valence-electron chi connectivity index (χ1n) is 6.61. The Bertz CT molecular complexity index is 541. The lowest BCUT2D eigenvalue weighted by Gasteiger charge is -2.18. The van der Waals surface area contributed by atoms with Crippen molar-refractivity contribution in [1.29, 1.82) is 0 Å². The standard InChI is InChI=1S/C14H17N5/c1-2-6-16-11(3-1)4-8-17-14-12-9-15-7-5-13(12)18-10-19-14/h1-3,6,10,15H,4-5,7-9H2,(H,17,18,19). The van der Waals surface area contributed by atoms with Crippen molar-refractivity contribution in [2.75, 3.05) is 18.4 Å². The second-order valence-corrected chi connectivity index (χ2v) is 4.57. The Kier molecular flexibility index (Phi) is 3.65. The van der Waals surface area contributed by atoms with Gasteiger partial charge in [0.25, 0.3) is 0 Å². The van der Waals surface area contributed by atoms with E-state index in [4.69, 9.17) is 0 Å². The minimum Gasteiger partial charge on any atom is -0.369 e. The molecule has 2 aromatic heterocycles. The van der Waals surface area contributed by atoms with Crippen molar-refractivity contribution >= 4 is 5.82 Å². The molecule has 1 aliphatic rings. The highest BCUT2D eigenvalue weighted by molar-refractivity contribution is 5.46. The van der Waals surface area contributed by atoms with Gasteiger partial charge in [0.05, 0.1) is 5.69 Å². The summed E-state index contributed by atoms with van der Waals surface area (Å²) in [6, 6.07) is 5.99. The van der Waals surface area contributed by atoms with Crippen LogP contribution in [0.15, 0.2) is 30.7 Å². The fourth-order valence-electron chi connectivity index (χ4n) is 2.28. The number of nitrogens with zero attached hydrogens (tertiary/aromatic N) is 3. The van der Waals surface area contributed by atoms with Gasteiger partial charge in [-0.15, -0.1) is 0 Å². The van der Waals surface area contributed by atoms with E-state index in [1.165, 1.54) is 5.56 Å². The number of aromatic nitrogens is 3. The predicted molar refractivity (Wildman–Crippen MR) is 73.9 cm³/mol. The van der Waals surface area contributed by atoms with Crippen LogP contribution in [-0.4, -0.2) is 28.0 Å². The summed E-state index contributed by atoms with van der Waals surface area (Å²) in [7, 11) is 0. The van der Waals surface area contributed by atoms with Crippen LogP contribution in [0.25, 0.3) is 0 Å². The first-order valence-corrected chi connectivity index (χ1v) is 6.61. The average Bonchev–Trinajstić information content (AvgIpc) is 2.49. The lowest BCUT2D eigenvalue weighted by molar-refractivity contribution is 0.627. The molecule has 0 fully saturated rings. The molecule has 0 unspecified atom stereocenters. The summed E-state index contributed by atoms with van der Waals surface area (Å²) in [5.41, 5.74) is 3.46. The summed E-state index contributed by atoms with van der Waals surface area (Å²) in [4.78, 5) is 13.0. The van der Waals surface area contributed by atoms with Crippen molar-refractivity contribution in [2.45, 2.75) is 19.4 Å². The smallest absolute Gasteiger partial charge is 0.134 e. The van der Waals surface area contributed by atoms with Gasteiger partial charge in [-0.3, -0.25) is 4.98 Å². The van der Waals surface area contributed by atoms with Crippen molar-refractivity contribution in [2.24, 2.45) is 0 Å². The zero-order chi connectivity index (χ0) is 12.9. The first-order chi connectivity index (χ1) is 9.43. The summed E-state index contributed by atoms with van der Waals surface area (Å²) in [6.07, 6.45) is 5.35. The van der Waals surface area contributed by atoms with E-state index in [-0.39, 0.29) is 0 Å². The highest BCUT2D eigenvalue weighted by Crippen LogP contribution is 2.18. The molecular weight excluding hydrogens is 238 g/mol. The number of rotatable bonds is 4. The van der Waals surface area contributed by atoms with Gasteiger partial charge in [0.15, 0.2) is 0 Å². The summed E-state index contributed by atoms with van der Waals surface area (Å²) < 4.78 is 0. The van der Waals surface area contributed by atoms with Gasteiger partial charge in [0, 0.05) is 49.9 Å². The van der Waals surface area contributed by atoms with Crippen molar-refractivity contribution in [3.05, 3.63) is 47.7 Å². The fourth-order valence-corrected chi connectivity index (χ4v) is 2.28. The van der Waals surface area contributed by atoms with E-state index < -0.39 is 0 Å². The lowest BCUT2D eigenvalue weighted by Crippen LogP contribution is -2.26. The van der Waals surface area contributed by atoms with Gasteiger partial charge in [-0.2, -0.15) is 0 Å². The quantitative estimate of drug-likeness (QED) is 0.858. The summed E-state index contributed by atoms with van der Waals surface area (Å²) in [5, 5.41) is 6.75. The zero-order valence-electron chi connectivity index (χ0n) is 10.8. The molecule has 0 saturated carbocycles. The maximum atomic E-state index is 4.34. The van der Waals surface area contributed by atoms with E-state index in [2.05, 4.69) is 25.6 Å². The monoisotopic (exact) mass is 255 g/mol. The highest BCUT2D eigenvalue weighted by Gasteiger charge is 2.14. The molecule has 0 aromatic carbocycles. The van der Waals surface area contributed by atoms with Gasteiger partial charge in [-0.25, -0.2) is 9.97 Å². The van der Waals surface area contributed by atoms with Crippen LogP contribution in [-0.2, 0) is 19.4 Å². The molecule has 0 atom stereocenters. The Balaban J connectivity index is 1.64. The van der Waals surface area contributed by atoms with E-state index in [9.17, 15) is 0 Å². The molecule has 1 aliphatic heterocycles. The van der Waals surface area contributed by atoms with Crippen molar-refractivity contribution in [3.8, 4) is 0 Å². The van der Waals surface area contributed by atoms with Gasteiger partial charge < -0.3 is 10.6 Å². The first kappa shape index (κ1) is 12.0. The minimum atomic E-state index is 0.834. The molecule has 19 heavy (non-hydrogen) atoms. The van der Waals surface area contributed by atoms with E-state index in [0.29, 0.717) is 0 Å². The molecule has 3 rings (SSSR count). The number of nitrogens with one attached hydrogen (secondary N) is 2. The maximum absolute atomic E-state index is 4.34. The van der Waals surface area contributed by atoms with Crippen molar-refractivity contribution < 1.29 is 0 Å². The third-order valence-corrected chi connectivity index (χ3v) is 3.27. The molecule has 0 saturated heterocycles. The molecule has 98 valence electrons. The molecule has 0 radical (unpaired) electrons. The van der Waals surface area contributed by atoms with Crippen molar-refractivity contribution in [3.63, 3.8) is 0 Å². The second-order valence-electron chi connectivity index (χ2n) is 4.57. The molecule has 0 amide bonds. The predicted octanol–water partition coefficient (Wildman–Crippen LogP) is 1.17. The van der Waals surface area contributed by atoms with Gasteiger partial charge in [0.1, 0.15) is 12.1 Å². The molecule has 2 N–H and O–H groups in total. The summed E-state index contributed by atoms with van der Waals surface area (Å²) >= 11 is 0. The lowest BCUT2D eigenvalue weighted by atomic mass is 10.1. The van der Waals surface area contributed by atoms with Gasteiger partial charge in [-0.1, -0.05) is 6.07 Å². The van der Waals surface area contributed by atoms with E-state index in [1.54, 1.807) is 6.33 Å². The van der Waals surface area contributed by atoms with Crippen LogP contribution in [0, 0.1) is 0 Å². The number of fused-ring (bicyclic) bond motifs is 1. The van der Waals surface area contributed by atoms with Gasteiger partial charge in [-0.05, 0) is 12.1 Å². The molecule has 0 spiro atoms. The summed E-state index contributed by atoms with van der Waals surface area (Å²) in [5.74, 6) is 0.952. The van der Waals surface area contributed by atoms with Crippen LogP contribution in [0.1, 0.15) is 17.0 Å². The molecule has 2 aromatic rings. The Morgan fingerprint density at radius 2 is 2.21 bits per heavy atom. The topological polar surface area (TPSA) is 62.7 Å². The second kappa shape index (κ2) is 5.75. The molecular formula is C14H17N5. The molecule has 0 bridgehead atoms. The Hall–Kier alpha value is -2.01. The SMILES string of the molecule is c1ccc(CCNc2ncnc3c2CNCC3)nc1. The van der Waals surface area contributed by atoms with E-state index >= 15 is 0 Å².